The van der Waals surface area contributed by atoms with Crippen molar-refractivity contribution in [3.8, 4) is 0 Å². The molecule has 0 saturated heterocycles. The van der Waals surface area contributed by atoms with Crippen molar-refractivity contribution in [2.75, 3.05) is 12.8 Å². The zero-order valence-electron chi connectivity index (χ0n) is 12.4. The van der Waals surface area contributed by atoms with Crippen LogP contribution in [0.1, 0.15) is 23.6 Å². The Morgan fingerprint density at radius 3 is 2.68 bits per heavy atom. The molecule has 0 aliphatic heterocycles. The summed E-state index contributed by atoms with van der Waals surface area (Å²) in [6, 6.07) is 10.9. The Morgan fingerprint density at radius 1 is 1.41 bits per heavy atom. The number of ether oxygens (including phenoxy) is 1. The van der Waals surface area contributed by atoms with Gasteiger partial charge in [-0.05, 0) is 12.0 Å². The summed E-state index contributed by atoms with van der Waals surface area (Å²) < 4.78 is 6.26. The van der Waals surface area contributed by atoms with E-state index in [-0.39, 0.29) is 23.4 Å². The first-order valence-corrected chi connectivity index (χ1v) is 6.98. The Hall–Kier alpha value is -2.63. The van der Waals surface area contributed by atoms with Gasteiger partial charge in [-0.25, -0.2) is 4.98 Å². The quantitative estimate of drug-likeness (QED) is 0.853. The van der Waals surface area contributed by atoms with Crippen molar-refractivity contribution in [2.45, 2.75) is 17.8 Å². The van der Waals surface area contributed by atoms with Crippen LogP contribution < -0.4 is 11.3 Å². The van der Waals surface area contributed by atoms with Crippen LogP contribution in [0.4, 0.5) is 5.95 Å². The molecule has 1 heterocycles. The molecule has 0 spiro atoms. The van der Waals surface area contributed by atoms with Gasteiger partial charge in [0.1, 0.15) is 5.41 Å². The SMILES string of the molecule is COC(=O)[C@]1(c2ccccc2)C[C@@H]1c1cc(=O)n(C)c(N)n1. The van der Waals surface area contributed by atoms with Crippen LogP contribution >= 0.6 is 0 Å². The van der Waals surface area contributed by atoms with E-state index in [1.54, 1.807) is 7.05 Å². The third-order valence-electron chi connectivity index (χ3n) is 4.35. The number of nitrogen functional groups attached to an aromatic ring is 1. The van der Waals surface area contributed by atoms with E-state index in [2.05, 4.69) is 4.98 Å². The fourth-order valence-electron chi connectivity index (χ4n) is 2.95. The maximum absolute atomic E-state index is 12.4. The molecule has 22 heavy (non-hydrogen) atoms. The van der Waals surface area contributed by atoms with Crippen molar-refractivity contribution in [2.24, 2.45) is 7.05 Å². The van der Waals surface area contributed by atoms with E-state index < -0.39 is 5.41 Å². The summed E-state index contributed by atoms with van der Waals surface area (Å²) in [5.74, 6) is -0.371. The van der Waals surface area contributed by atoms with E-state index in [1.165, 1.54) is 17.7 Å². The first kappa shape index (κ1) is 14.3. The number of aromatic nitrogens is 2. The highest BCUT2D eigenvalue weighted by atomic mass is 16.5. The van der Waals surface area contributed by atoms with Gasteiger partial charge in [-0.2, -0.15) is 0 Å². The summed E-state index contributed by atoms with van der Waals surface area (Å²) in [6.45, 7) is 0. The van der Waals surface area contributed by atoms with Crippen molar-refractivity contribution in [3.05, 3.63) is 58.0 Å². The van der Waals surface area contributed by atoms with E-state index in [9.17, 15) is 9.59 Å². The van der Waals surface area contributed by atoms with Crippen LogP contribution in [0.15, 0.2) is 41.2 Å². The molecule has 1 fully saturated rings. The minimum Gasteiger partial charge on any atom is -0.468 e. The molecular weight excluding hydrogens is 282 g/mol. The first-order chi connectivity index (χ1) is 10.5. The average Bonchev–Trinajstić information content (AvgIpc) is 3.29. The van der Waals surface area contributed by atoms with Gasteiger partial charge in [0, 0.05) is 19.0 Å². The predicted molar refractivity (Wildman–Crippen MR) is 81.4 cm³/mol. The van der Waals surface area contributed by atoms with Gasteiger partial charge < -0.3 is 10.5 Å². The summed E-state index contributed by atoms with van der Waals surface area (Å²) in [7, 11) is 2.93. The van der Waals surface area contributed by atoms with Crippen molar-refractivity contribution in [1.29, 1.82) is 0 Å². The van der Waals surface area contributed by atoms with Crippen molar-refractivity contribution in [3.63, 3.8) is 0 Å². The molecule has 6 nitrogen and oxygen atoms in total. The van der Waals surface area contributed by atoms with Gasteiger partial charge in [0.15, 0.2) is 0 Å². The minimum atomic E-state index is -0.776. The van der Waals surface area contributed by atoms with E-state index in [1.807, 2.05) is 30.3 Å². The smallest absolute Gasteiger partial charge is 0.316 e. The van der Waals surface area contributed by atoms with Gasteiger partial charge >= 0.3 is 5.97 Å². The van der Waals surface area contributed by atoms with Gasteiger partial charge in [0.2, 0.25) is 5.95 Å². The Labute approximate surface area is 127 Å². The van der Waals surface area contributed by atoms with Crippen LogP contribution in [0, 0.1) is 0 Å². The van der Waals surface area contributed by atoms with Gasteiger partial charge in [-0.15, -0.1) is 0 Å². The number of esters is 1. The second kappa shape index (κ2) is 4.98. The van der Waals surface area contributed by atoms with E-state index >= 15 is 0 Å². The molecule has 0 amide bonds. The maximum Gasteiger partial charge on any atom is 0.316 e. The third-order valence-corrected chi connectivity index (χ3v) is 4.35. The average molecular weight is 299 g/mol. The molecule has 0 radical (unpaired) electrons. The van der Waals surface area contributed by atoms with Gasteiger partial charge in [-0.1, -0.05) is 30.3 Å². The second-order valence-electron chi connectivity index (χ2n) is 5.52. The summed E-state index contributed by atoms with van der Waals surface area (Å²) >= 11 is 0. The van der Waals surface area contributed by atoms with Crippen molar-refractivity contribution >= 4 is 11.9 Å². The fourth-order valence-corrected chi connectivity index (χ4v) is 2.95. The number of benzene rings is 1. The van der Waals surface area contributed by atoms with Crippen molar-refractivity contribution < 1.29 is 9.53 Å². The Morgan fingerprint density at radius 2 is 2.09 bits per heavy atom. The van der Waals surface area contributed by atoms with E-state index in [0.717, 1.165) is 5.56 Å². The molecule has 0 unspecified atom stereocenters. The number of nitrogens with two attached hydrogens (primary N) is 1. The lowest BCUT2D eigenvalue weighted by Crippen LogP contribution is -2.26. The molecule has 1 aromatic heterocycles. The minimum absolute atomic E-state index is 0.140. The molecule has 2 N–H and O–H groups in total. The van der Waals surface area contributed by atoms with Crippen LogP contribution in [0.2, 0.25) is 0 Å². The molecule has 2 aromatic rings. The molecule has 0 bridgehead atoms. The number of rotatable bonds is 3. The highest BCUT2D eigenvalue weighted by molar-refractivity contribution is 5.89. The number of anilines is 1. The van der Waals surface area contributed by atoms with Crippen LogP contribution in [0.3, 0.4) is 0 Å². The number of methoxy groups -OCH3 is 1. The van der Waals surface area contributed by atoms with Gasteiger partial charge in [0.25, 0.3) is 5.56 Å². The highest BCUT2D eigenvalue weighted by Crippen LogP contribution is 2.60. The Balaban J connectivity index is 2.07. The first-order valence-electron chi connectivity index (χ1n) is 6.98. The molecule has 3 rings (SSSR count). The molecule has 114 valence electrons. The monoisotopic (exact) mass is 299 g/mol. The third kappa shape index (κ3) is 1.99. The molecule has 6 heteroatoms. The molecule has 1 aliphatic rings. The van der Waals surface area contributed by atoms with Crippen LogP contribution in [0.5, 0.6) is 0 Å². The van der Waals surface area contributed by atoms with Gasteiger partial charge in [0.05, 0.1) is 12.8 Å². The van der Waals surface area contributed by atoms with Crippen molar-refractivity contribution in [1.82, 2.24) is 9.55 Å². The normalized spacial score (nSPS) is 23.1. The zero-order valence-corrected chi connectivity index (χ0v) is 12.4. The molecule has 2 atom stereocenters. The lowest BCUT2D eigenvalue weighted by atomic mass is 9.92. The van der Waals surface area contributed by atoms with Gasteiger partial charge in [-0.3, -0.25) is 14.2 Å². The molecule has 1 aliphatic carbocycles. The summed E-state index contributed by atoms with van der Waals surface area (Å²) in [5.41, 5.74) is 6.15. The number of carbonyl (C=O) groups is 1. The van der Waals surface area contributed by atoms with E-state index in [0.29, 0.717) is 12.1 Å². The molecule has 1 saturated carbocycles. The summed E-state index contributed by atoms with van der Waals surface area (Å²) in [6.07, 6.45) is 0.559. The largest absolute Gasteiger partial charge is 0.468 e. The second-order valence-corrected chi connectivity index (χ2v) is 5.52. The summed E-state index contributed by atoms with van der Waals surface area (Å²) in [5, 5.41) is 0. The highest BCUT2D eigenvalue weighted by Gasteiger charge is 2.63. The van der Waals surface area contributed by atoms with Crippen LogP contribution in [-0.2, 0) is 22.0 Å². The predicted octanol–water partition coefficient (Wildman–Crippen LogP) is 0.961. The topological polar surface area (TPSA) is 87.2 Å². The Bertz CT molecular complexity index is 785. The fraction of sp³-hybridized carbons (Fsp3) is 0.312. The van der Waals surface area contributed by atoms with E-state index in [4.69, 9.17) is 10.5 Å². The number of hydrogen-bond acceptors (Lipinski definition) is 5. The standard InChI is InChI=1S/C16H17N3O3/c1-19-13(20)8-12(18-15(19)17)11-9-16(11,14(21)22-2)10-6-4-3-5-7-10/h3-8,11H,9H2,1-2H3,(H2,17,18)/t11-,16+/m1/s1. The lowest BCUT2D eigenvalue weighted by Gasteiger charge is -2.15. The molecule has 1 aromatic carbocycles. The van der Waals surface area contributed by atoms with Crippen LogP contribution in [0.25, 0.3) is 0 Å². The van der Waals surface area contributed by atoms with Crippen LogP contribution in [-0.4, -0.2) is 22.6 Å². The summed E-state index contributed by atoms with van der Waals surface area (Å²) in [4.78, 5) is 28.5. The number of carbonyl (C=O) groups excluding carboxylic acids is 1. The number of nitrogens with zero attached hydrogens (tertiary/aromatic N) is 2. The number of hydrogen-bond donors (Lipinski definition) is 1. The zero-order chi connectivity index (χ0) is 15.9. The lowest BCUT2D eigenvalue weighted by molar-refractivity contribution is -0.143. The Kier molecular flexibility index (Phi) is 3.24. The maximum atomic E-state index is 12.4. The molecular formula is C16H17N3O3.